The molecule has 0 amide bonds. The fourth-order valence-electron chi connectivity index (χ4n) is 0.224. The van der Waals surface area contributed by atoms with Gasteiger partial charge >= 0.3 is 10.2 Å². The van der Waals surface area contributed by atoms with Crippen LogP contribution in [0.2, 0.25) is 0 Å². The summed E-state index contributed by atoms with van der Waals surface area (Å²) >= 11 is 0. The van der Waals surface area contributed by atoms with E-state index in [0.29, 0.717) is 0 Å². The van der Waals surface area contributed by atoms with Crippen LogP contribution in [0.25, 0.3) is 0 Å². The van der Waals surface area contributed by atoms with Crippen molar-refractivity contribution < 1.29 is 24.2 Å². The topological polar surface area (TPSA) is 17.1 Å². The molecule has 0 saturated carbocycles. The zero-order chi connectivity index (χ0) is 9.40. The van der Waals surface area contributed by atoms with Gasteiger partial charge in [-0.3, -0.25) is 4.79 Å². The largest absolute Gasteiger partial charge is 0.304 e. The number of carbonyl (C=O) groups is 1. The van der Waals surface area contributed by atoms with Gasteiger partial charge in [0, 0.05) is 0 Å². The van der Waals surface area contributed by atoms with Gasteiger partial charge in [0.05, 0.1) is 5.41 Å². The Bertz CT molecular complexity index is 210. The number of hydrogen-bond donors (Lipinski definition) is 0. The third-order valence-corrected chi connectivity index (χ3v) is 1.21. The van der Waals surface area contributed by atoms with Gasteiger partial charge in [0.15, 0.2) is 5.78 Å². The number of halogens is 5. The average Bonchev–Trinajstić information content (AvgIpc) is 1.56. The summed E-state index contributed by atoms with van der Waals surface area (Å²) in [6.07, 6.45) is -0.193. The molecule has 0 radical (unpaired) electrons. The lowest BCUT2D eigenvalue weighted by atomic mass is 10.5. The van der Waals surface area contributed by atoms with Gasteiger partial charge in [-0.2, -0.15) is 0 Å². The van der Waals surface area contributed by atoms with Crippen molar-refractivity contribution in [1.82, 2.24) is 0 Å². The third kappa shape index (κ3) is 9.41. The van der Waals surface area contributed by atoms with E-state index in [4.69, 9.17) is 0 Å². The van der Waals surface area contributed by atoms with E-state index in [2.05, 4.69) is 0 Å². The van der Waals surface area contributed by atoms with E-state index >= 15 is 0 Å². The summed E-state index contributed by atoms with van der Waals surface area (Å²) < 4.78 is 56.7. The van der Waals surface area contributed by atoms with Crippen molar-refractivity contribution in [3.05, 3.63) is 11.5 Å². The lowest BCUT2D eigenvalue weighted by Crippen LogP contribution is -2.00. The zero-order valence-electron chi connectivity index (χ0n) is 5.36. The van der Waals surface area contributed by atoms with E-state index in [-0.39, 0.29) is 6.08 Å². The second-order valence-corrected chi connectivity index (χ2v) is 4.27. The smallest absolute Gasteiger partial charge is 0.295 e. The van der Waals surface area contributed by atoms with Gasteiger partial charge in [-0.05, 0) is 13.0 Å². The fourth-order valence-corrected chi connectivity index (χ4v) is 0.673. The van der Waals surface area contributed by atoms with E-state index in [1.807, 2.05) is 0 Å². The monoisotopic (exact) mass is 196 g/mol. The Morgan fingerprint density at radius 1 is 1.18 bits per heavy atom. The first-order valence-corrected chi connectivity index (χ1v) is 4.35. The molecule has 0 aromatic rings. The summed E-state index contributed by atoms with van der Waals surface area (Å²) in [7, 11) is -9.50. The highest BCUT2D eigenvalue weighted by Crippen LogP contribution is 2.98. The van der Waals surface area contributed by atoms with Crippen molar-refractivity contribution in [2.45, 2.75) is 6.92 Å². The Labute approximate surface area is 59.6 Å². The van der Waals surface area contributed by atoms with Gasteiger partial charge in [-0.15, -0.1) is 0 Å². The lowest BCUT2D eigenvalue weighted by Gasteiger charge is -2.36. The Morgan fingerprint density at radius 2 is 1.55 bits per heavy atom. The molecule has 0 aromatic carbocycles. The lowest BCUT2D eigenvalue weighted by molar-refractivity contribution is -0.112. The molecule has 0 aliphatic rings. The van der Waals surface area contributed by atoms with Crippen LogP contribution in [0.3, 0.4) is 0 Å². The van der Waals surface area contributed by atoms with Gasteiger partial charge in [-0.25, -0.2) is 0 Å². The third-order valence-electron chi connectivity index (χ3n) is 0.560. The molecule has 68 valence electrons. The number of ketones is 1. The van der Waals surface area contributed by atoms with Crippen LogP contribution < -0.4 is 0 Å². The number of carbonyl (C=O) groups excluding carboxylic acids is 1. The van der Waals surface area contributed by atoms with Crippen molar-refractivity contribution in [2.24, 2.45) is 0 Å². The molecule has 0 unspecified atom stereocenters. The normalized spacial score (nSPS) is 19.5. The van der Waals surface area contributed by atoms with E-state index in [9.17, 15) is 24.2 Å². The number of allylic oxidation sites excluding steroid dienone is 1. The van der Waals surface area contributed by atoms with Crippen LogP contribution in [0.5, 0.6) is 0 Å². The molecular formula is C4H5F5OS. The Balaban J connectivity index is 4.78. The fraction of sp³-hybridized carbons (Fsp3) is 0.250. The van der Waals surface area contributed by atoms with E-state index in [0.717, 1.165) is 6.92 Å². The predicted molar refractivity (Wildman–Crippen MR) is 33.0 cm³/mol. The van der Waals surface area contributed by atoms with E-state index in [1.54, 1.807) is 0 Å². The summed E-state index contributed by atoms with van der Waals surface area (Å²) in [6, 6.07) is 0. The van der Waals surface area contributed by atoms with Crippen LogP contribution in [0, 0.1) is 0 Å². The number of rotatable bonds is 2. The summed E-state index contributed by atoms with van der Waals surface area (Å²) in [4.78, 5) is 9.87. The molecule has 0 rings (SSSR count). The molecule has 0 atom stereocenters. The summed E-state index contributed by atoms with van der Waals surface area (Å²) in [5, 5.41) is -1.26. The summed E-state index contributed by atoms with van der Waals surface area (Å²) in [6.45, 7) is 0.750. The molecule has 0 heterocycles. The van der Waals surface area contributed by atoms with Crippen LogP contribution in [-0.4, -0.2) is 5.78 Å². The molecule has 0 N–H and O–H groups in total. The van der Waals surface area contributed by atoms with Gasteiger partial charge < -0.3 is 0 Å². The summed E-state index contributed by atoms with van der Waals surface area (Å²) in [5.41, 5.74) is 0. The highest BCUT2D eigenvalue weighted by atomic mass is 32.5. The molecule has 1 nitrogen and oxygen atoms in total. The van der Waals surface area contributed by atoms with E-state index < -0.39 is 21.4 Å². The maximum atomic E-state index is 11.3. The number of hydrogen-bond acceptors (Lipinski definition) is 1. The zero-order valence-corrected chi connectivity index (χ0v) is 6.18. The van der Waals surface area contributed by atoms with Crippen LogP contribution in [0.15, 0.2) is 11.5 Å². The first kappa shape index (κ1) is 10.4. The average molecular weight is 196 g/mol. The SMILES string of the molecule is CC(=O)/C=C/S(F)(F)(F)(F)F. The highest BCUT2D eigenvalue weighted by molar-refractivity contribution is 8.48. The van der Waals surface area contributed by atoms with Crippen molar-refractivity contribution in [1.29, 1.82) is 0 Å². The van der Waals surface area contributed by atoms with Gasteiger partial charge in [0.25, 0.3) is 0 Å². The molecule has 7 heteroatoms. The molecule has 0 bridgehead atoms. The van der Waals surface area contributed by atoms with Crippen molar-refractivity contribution in [2.75, 3.05) is 0 Å². The van der Waals surface area contributed by atoms with Crippen molar-refractivity contribution in [3.63, 3.8) is 0 Å². The Hall–Kier alpha value is -0.590. The van der Waals surface area contributed by atoms with Crippen molar-refractivity contribution in [3.8, 4) is 0 Å². The van der Waals surface area contributed by atoms with Gasteiger partial charge in [0.1, 0.15) is 0 Å². The van der Waals surface area contributed by atoms with E-state index in [1.165, 1.54) is 0 Å². The van der Waals surface area contributed by atoms with Crippen LogP contribution in [-0.2, 0) is 4.79 Å². The molecule has 0 aliphatic carbocycles. The molecule has 0 aliphatic heterocycles. The molecule has 11 heavy (non-hydrogen) atoms. The molecule has 0 fully saturated rings. The first-order chi connectivity index (χ1) is 4.39. The summed E-state index contributed by atoms with van der Waals surface area (Å²) in [5.74, 6) is -1.07. The molecular weight excluding hydrogens is 191 g/mol. The quantitative estimate of drug-likeness (QED) is 0.488. The van der Waals surface area contributed by atoms with Crippen LogP contribution in [0.4, 0.5) is 19.4 Å². The molecule has 0 aromatic heterocycles. The predicted octanol–water partition coefficient (Wildman–Crippen LogP) is 3.39. The van der Waals surface area contributed by atoms with Crippen LogP contribution >= 0.6 is 10.2 Å². The second kappa shape index (κ2) is 1.77. The first-order valence-electron chi connectivity index (χ1n) is 2.33. The van der Waals surface area contributed by atoms with Crippen LogP contribution in [0.1, 0.15) is 6.92 Å². The van der Waals surface area contributed by atoms with Gasteiger partial charge in [0.2, 0.25) is 0 Å². The second-order valence-electron chi connectivity index (χ2n) is 1.94. The van der Waals surface area contributed by atoms with Gasteiger partial charge in [-0.1, -0.05) is 19.4 Å². The maximum absolute atomic E-state index is 11.3. The minimum absolute atomic E-state index is 0.193. The minimum Gasteiger partial charge on any atom is -0.295 e. The Kier molecular flexibility index (Phi) is 1.67. The highest BCUT2D eigenvalue weighted by Gasteiger charge is 2.60. The van der Waals surface area contributed by atoms with Crippen molar-refractivity contribution >= 4 is 16.0 Å². The Morgan fingerprint density at radius 3 is 1.64 bits per heavy atom. The standard InChI is InChI=1S/C4H5F5OS/c1-4(10)2-3-11(5,6,7,8)9/h2-3H,1H3/b3-2+. The molecule has 0 saturated heterocycles. The molecule has 0 spiro atoms. The minimum atomic E-state index is -9.50. The maximum Gasteiger partial charge on any atom is 0.304 e.